The number of aliphatic hydroxyl groups excluding tert-OH is 1. The van der Waals surface area contributed by atoms with E-state index in [0.29, 0.717) is 11.4 Å². The van der Waals surface area contributed by atoms with Gasteiger partial charge in [-0.1, -0.05) is 0 Å². The second-order valence-corrected chi connectivity index (χ2v) is 3.89. The summed E-state index contributed by atoms with van der Waals surface area (Å²) < 4.78 is 0. The van der Waals surface area contributed by atoms with Gasteiger partial charge in [-0.25, -0.2) is 0 Å². The summed E-state index contributed by atoms with van der Waals surface area (Å²) in [6.45, 7) is 3.26. The molecule has 5 heteroatoms. The van der Waals surface area contributed by atoms with Crippen molar-refractivity contribution in [2.24, 2.45) is 0 Å². The van der Waals surface area contributed by atoms with Crippen LogP contribution in [0.15, 0.2) is 23.2 Å². The molecule has 1 N–H and O–H groups in total. The van der Waals surface area contributed by atoms with Crippen LogP contribution in [-0.4, -0.2) is 52.7 Å². The van der Waals surface area contributed by atoms with E-state index in [4.69, 9.17) is 0 Å². The predicted octanol–water partition coefficient (Wildman–Crippen LogP) is -0.577. The third-order valence-electron chi connectivity index (χ3n) is 2.70. The van der Waals surface area contributed by atoms with Crippen molar-refractivity contribution < 1.29 is 14.7 Å². The van der Waals surface area contributed by atoms with Gasteiger partial charge in [0.15, 0.2) is 0 Å². The average molecular weight is 206 g/mol. The molecule has 0 bridgehead atoms. The van der Waals surface area contributed by atoms with Crippen LogP contribution >= 0.6 is 0 Å². The minimum Gasteiger partial charge on any atom is -0.506 e. The summed E-state index contributed by atoms with van der Waals surface area (Å²) in [6, 6.07) is 0. The van der Waals surface area contributed by atoms with E-state index in [9.17, 15) is 14.7 Å². The van der Waals surface area contributed by atoms with E-state index in [1.54, 1.807) is 0 Å². The largest absolute Gasteiger partial charge is 0.506 e. The highest BCUT2D eigenvalue weighted by atomic mass is 16.3. The highest BCUT2D eigenvalue weighted by Crippen LogP contribution is 2.32. The van der Waals surface area contributed by atoms with Gasteiger partial charge >= 0.3 is 0 Å². The van der Waals surface area contributed by atoms with Gasteiger partial charge in [0.05, 0.1) is 0 Å². The summed E-state index contributed by atoms with van der Waals surface area (Å²) in [7, 11) is 0. The van der Waals surface area contributed by atoms with Crippen LogP contribution in [0.1, 0.15) is 0 Å². The van der Waals surface area contributed by atoms with Crippen LogP contribution in [0.3, 0.4) is 0 Å². The predicted molar refractivity (Wildman–Crippen MR) is 50.9 cm³/mol. The average Bonchev–Trinajstić information content (AvgIpc) is 3.00. The molecule has 0 unspecified atom stereocenters. The molecule has 3 aliphatic rings. The number of aliphatic hydroxyl groups is 1. The highest BCUT2D eigenvalue weighted by molar-refractivity contribution is 6.48. The van der Waals surface area contributed by atoms with Crippen molar-refractivity contribution in [3.8, 4) is 0 Å². The van der Waals surface area contributed by atoms with Gasteiger partial charge in [0.2, 0.25) is 5.78 Å². The standard InChI is InChI=1S/C10H10N2O3/c13-6-5-7(14)10(15)9(12-3-4-12)8(6)11-1-2-11/h5,13H,1-4H2. The molecule has 78 valence electrons. The van der Waals surface area contributed by atoms with Gasteiger partial charge in [0, 0.05) is 32.3 Å². The molecule has 0 aromatic heterocycles. The molecule has 0 saturated carbocycles. The van der Waals surface area contributed by atoms with Gasteiger partial charge in [-0.3, -0.25) is 9.59 Å². The molecule has 2 aliphatic heterocycles. The van der Waals surface area contributed by atoms with E-state index in [1.807, 2.05) is 9.80 Å². The maximum absolute atomic E-state index is 11.7. The first kappa shape index (κ1) is 8.52. The zero-order valence-corrected chi connectivity index (χ0v) is 8.06. The van der Waals surface area contributed by atoms with Crippen LogP contribution in [0, 0.1) is 0 Å². The quantitative estimate of drug-likeness (QED) is 0.372. The highest BCUT2D eigenvalue weighted by Gasteiger charge is 2.40. The van der Waals surface area contributed by atoms with Gasteiger partial charge in [-0.2, -0.15) is 0 Å². The Kier molecular flexibility index (Phi) is 1.49. The Morgan fingerprint density at radius 1 is 1.00 bits per heavy atom. The van der Waals surface area contributed by atoms with Crippen molar-refractivity contribution in [1.29, 1.82) is 0 Å². The first-order valence-corrected chi connectivity index (χ1v) is 4.92. The molecule has 0 amide bonds. The number of hydrogen-bond acceptors (Lipinski definition) is 5. The Balaban J connectivity index is 2.11. The van der Waals surface area contributed by atoms with Crippen LogP contribution < -0.4 is 0 Å². The third-order valence-corrected chi connectivity index (χ3v) is 2.70. The van der Waals surface area contributed by atoms with Crippen molar-refractivity contribution in [1.82, 2.24) is 9.80 Å². The second-order valence-electron chi connectivity index (χ2n) is 3.89. The van der Waals surface area contributed by atoms with E-state index in [0.717, 1.165) is 32.3 Å². The lowest BCUT2D eigenvalue weighted by Crippen LogP contribution is -2.28. The van der Waals surface area contributed by atoms with E-state index in [2.05, 4.69) is 0 Å². The first-order chi connectivity index (χ1) is 7.18. The van der Waals surface area contributed by atoms with E-state index in [-0.39, 0.29) is 5.76 Å². The Morgan fingerprint density at radius 3 is 2.07 bits per heavy atom. The lowest BCUT2D eigenvalue weighted by molar-refractivity contribution is -0.132. The number of rotatable bonds is 2. The van der Waals surface area contributed by atoms with Crippen LogP contribution in [0.2, 0.25) is 0 Å². The van der Waals surface area contributed by atoms with Crippen LogP contribution in [0.5, 0.6) is 0 Å². The Labute approximate surface area is 86.3 Å². The SMILES string of the molecule is O=C1C=C(O)C(N2CC2)=C(N2CC2)C1=O. The molecule has 2 heterocycles. The van der Waals surface area contributed by atoms with Crippen molar-refractivity contribution in [3.63, 3.8) is 0 Å². The molecule has 15 heavy (non-hydrogen) atoms. The summed E-state index contributed by atoms with van der Waals surface area (Å²) in [5.74, 6) is -1.19. The molecule has 1 aliphatic carbocycles. The first-order valence-electron chi connectivity index (χ1n) is 4.92. The number of carbonyl (C=O) groups is 2. The number of nitrogens with zero attached hydrogens (tertiary/aromatic N) is 2. The summed E-state index contributed by atoms with van der Waals surface area (Å²) >= 11 is 0. The second kappa shape index (κ2) is 2.62. The molecule has 0 atom stereocenters. The fourth-order valence-corrected chi connectivity index (χ4v) is 1.76. The fourth-order valence-electron chi connectivity index (χ4n) is 1.76. The van der Waals surface area contributed by atoms with Gasteiger partial charge < -0.3 is 14.9 Å². The number of hydrogen-bond donors (Lipinski definition) is 1. The van der Waals surface area contributed by atoms with Crippen molar-refractivity contribution in [2.45, 2.75) is 0 Å². The molecule has 0 aromatic rings. The number of ketones is 2. The van der Waals surface area contributed by atoms with Gasteiger partial charge in [-0.15, -0.1) is 0 Å². The molecule has 5 nitrogen and oxygen atoms in total. The van der Waals surface area contributed by atoms with Crippen molar-refractivity contribution in [3.05, 3.63) is 23.2 Å². The number of allylic oxidation sites excluding steroid dienone is 2. The normalized spacial score (nSPS) is 24.7. The van der Waals surface area contributed by atoms with E-state index < -0.39 is 11.6 Å². The summed E-state index contributed by atoms with van der Waals surface area (Å²) in [6.07, 6.45) is 1.02. The van der Waals surface area contributed by atoms with Crippen molar-refractivity contribution >= 4 is 11.6 Å². The van der Waals surface area contributed by atoms with Gasteiger partial charge in [0.25, 0.3) is 5.78 Å². The zero-order valence-electron chi connectivity index (χ0n) is 8.06. The number of Topliss-reactive ketones (excluding diaryl/α,β-unsaturated/α-hetero) is 1. The molecular weight excluding hydrogens is 196 g/mol. The van der Waals surface area contributed by atoms with Crippen LogP contribution in [-0.2, 0) is 9.59 Å². The lowest BCUT2D eigenvalue weighted by atomic mass is 10.0. The van der Waals surface area contributed by atoms with Gasteiger partial charge in [-0.05, 0) is 0 Å². The molecule has 0 spiro atoms. The zero-order chi connectivity index (χ0) is 10.6. The monoisotopic (exact) mass is 206 g/mol. The maximum Gasteiger partial charge on any atom is 0.251 e. The van der Waals surface area contributed by atoms with Crippen LogP contribution in [0.25, 0.3) is 0 Å². The minimum absolute atomic E-state index is 0.0704. The van der Waals surface area contributed by atoms with E-state index >= 15 is 0 Å². The topological polar surface area (TPSA) is 60.4 Å². The Morgan fingerprint density at radius 2 is 1.53 bits per heavy atom. The maximum atomic E-state index is 11.7. The molecular formula is C10H10N2O3. The van der Waals surface area contributed by atoms with E-state index in [1.165, 1.54) is 0 Å². The van der Waals surface area contributed by atoms with Crippen LogP contribution in [0.4, 0.5) is 0 Å². The lowest BCUT2D eigenvalue weighted by Gasteiger charge is -2.18. The van der Waals surface area contributed by atoms with Crippen molar-refractivity contribution in [2.75, 3.05) is 26.2 Å². The molecule has 2 saturated heterocycles. The molecule has 2 fully saturated rings. The Hall–Kier alpha value is -1.78. The molecule has 0 radical (unpaired) electrons. The number of carbonyl (C=O) groups excluding carboxylic acids is 2. The third kappa shape index (κ3) is 1.23. The van der Waals surface area contributed by atoms with Gasteiger partial charge in [0.1, 0.15) is 17.2 Å². The summed E-state index contributed by atoms with van der Waals surface area (Å²) in [5, 5.41) is 9.68. The summed E-state index contributed by atoms with van der Waals surface area (Å²) in [5.41, 5.74) is 0.926. The molecule has 0 aromatic carbocycles. The Bertz CT molecular complexity index is 428. The molecule has 3 rings (SSSR count). The smallest absolute Gasteiger partial charge is 0.251 e. The summed E-state index contributed by atoms with van der Waals surface area (Å²) in [4.78, 5) is 26.6. The minimum atomic E-state index is -0.625. The fraction of sp³-hybridized carbons (Fsp3) is 0.400.